The fourth-order valence-corrected chi connectivity index (χ4v) is 5.34. The number of carboxylic acids is 1. The second-order valence-electron chi connectivity index (χ2n) is 9.80. The van der Waals surface area contributed by atoms with Gasteiger partial charge in [0.25, 0.3) is 0 Å². The van der Waals surface area contributed by atoms with Crippen molar-refractivity contribution in [3.63, 3.8) is 0 Å². The molecule has 2 aromatic heterocycles. The molecule has 1 unspecified atom stereocenters. The number of aromatic amines is 1. The van der Waals surface area contributed by atoms with E-state index in [-0.39, 0.29) is 11.5 Å². The number of imidazole rings is 2. The van der Waals surface area contributed by atoms with E-state index < -0.39 is 12.0 Å². The molecule has 1 fully saturated rings. The Balaban J connectivity index is 1.53. The van der Waals surface area contributed by atoms with Crippen LogP contribution in [0, 0.1) is 5.92 Å². The van der Waals surface area contributed by atoms with Gasteiger partial charge >= 0.3 is 5.97 Å². The first kappa shape index (κ1) is 25.0. The summed E-state index contributed by atoms with van der Waals surface area (Å²) >= 11 is 6.10. The van der Waals surface area contributed by atoms with Crippen molar-refractivity contribution in [1.29, 1.82) is 0 Å². The van der Waals surface area contributed by atoms with Crippen molar-refractivity contribution in [2.75, 3.05) is 0 Å². The van der Waals surface area contributed by atoms with Crippen LogP contribution in [-0.4, -0.2) is 36.5 Å². The maximum absolute atomic E-state index is 13.2. The molecule has 5 rings (SSSR count). The predicted octanol–water partition coefficient (Wildman–Crippen LogP) is 5.53. The highest BCUT2D eigenvalue weighted by atomic mass is 35.5. The molecule has 3 N–H and O–H groups in total. The van der Waals surface area contributed by atoms with Crippen molar-refractivity contribution < 1.29 is 14.7 Å². The highest BCUT2D eigenvalue weighted by Gasteiger charge is 2.26. The van der Waals surface area contributed by atoms with Crippen molar-refractivity contribution >= 4 is 34.5 Å². The number of amides is 1. The van der Waals surface area contributed by atoms with Gasteiger partial charge in [0.15, 0.2) is 0 Å². The molecule has 192 valence electrons. The largest absolute Gasteiger partial charge is 0.478 e. The van der Waals surface area contributed by atoms with Crippen molar-refractivity contribution in [1.82, 2.24) is 24.8 Å². The summed E-state index contributed by atoms with van der Waals surface area (Å²) in [6.45, 7) is 0.493. The van der Waals surface area contributed by atoms with Crippen LogP contribution in [0.15, 0.2) is 55.0 Å². The average Bonchev–Trinajstić information content (AvgIpc) is 3.53. The van der Waals surface area contributed by atoms with Gasteiger partial charge in [-0.25, -0.2) is 14.8 Å². The Morgan fingerprint density at radius 2 is 1.92 bits per heavy atom. The van der Waals surface area contributed by atoms with E-state index in [9.17, 15) is 14.7 Å². The number of carbonyl (C=O) groups excluding carboxylic acids is 1. The zero-order valence-corrected chi connectivity index (χ0v) is 21.2. The van der Waals surface area contributed by atoms with Gasteiger partial charge in [-0.15, -0.1) is 0 Å². The quantitative estimate of drug-likeness (QED) is 0.269. The van der Waals surface area contributed by atoms with Crippen LogP contribution in [0.1, 0.15) is 72.0 Å². The van der Waals surface area contributed by atoms with Gasteiger partial charge in [-0.2, -0.15) is 0 Å². The number of carboxylic acid groups (broad SMARTS) is 1. The van der Waals surface area contributed by atoms with Crippen LogP contribution < -0.4 is 5.32 Å². The van der Waals surface area contributed by atoms with Gasteiger partial charge in [-0.1, -0.05) is 43.0 Å². The van der Waals surface area contributed by atoms with E-state index in [0.717, 1.165) is 29.6 Å². The van der Waals surface area contributed by atoms with E-state index in [1.807, 2.05) is 28.8 Å². The summed E-state index contributed by atoms with van der Waals surface area (Å²) in [5.41, 5.74) is 3.42. The normalized spacial score (nSPS) is 15.1. The van der Waals surface area contributed by atoms with Crippen molar-refractivity contribution in [2.24, 2.45) is 5.92 Å². The monoisotopic (exact) mass is 519 g/mol. The summed E-state index contributed by atoms with van der Waals surface area (Å²) in [7, 11) is 0. The number of benzene rings is 2. The second-order valence-corrected chi connectivity index (χ2v) is 10.2. The number of carbonyl (C=O) groups is 2. The van der Waals surface area contributed by atoms with Gasteiger partial charge in [0, 0.05) is 36.3 Å². The zero-order valence-electron chi connectivity index (χ0n) is 20.5. The Bertz CT molecular complexity index is 1380. The van der Waals surface area contributed by atoms with Crippen molar-refractivity contribution in [3.8, 4) is 0 Å². The maximum Gasteiger partial charge on any atom is 0.335 e. The van der Waals surface area contributed by atoms with Crippen LogP contribution in [0.4, 0.5) is 0 Å². The molecule has 37 heavy (non-hydrogen) atoms. The molecule has 9 heteroatoms. The third-order valence-electron chi connectivity index (χ3n) is 7.10. The average molecular weight is 520 g/mol. The van der Waals surface area contributed by atoms with E-state index in [1.165, 1.54) is 19.3 Å². The molecular formula is C28H30ClN5O3. The Hall–Kier alpha value is -3.65. The molecular weight excluding hydrogens is 490 g/mol. The highest BCUT2D eigenvalue weighted by Crippen LogP contribution is 2.29. The summed E-state index contributed by atoms with van der Waals surface area (Å²) in [6.07, 6.45) is 10.1. The Morgan fingerprint density at radius 3 is 2.62 bits per heavy atom. The summed E-state index contributed by atoms with van der Waals surface area (Å²) in [4.78, 5) is 37.0. The molecule has 8 nitrogen and oxygen atoms in total. The topological polar surface area (TPSA) is 113 Å². The summed E-state index contributed by atoms with van der Waals surface area (Å²) in [6, 6.07) is 12.1. The molecule has 0 aliphatic heterocycles. The van der Waals surface area contributed by atoms with E-state index >= 15 is 0 Å². The molecule has 4 aromatic rings. The van der Waals surface area contributed by atoms with E-state index in [4.69, 9.17) is 16.6 Å². The first-order valence-electron chi connectivity index (χ1n) is 12.7. The smallest absolute Gasteiger partial charge is 0.335 e. The van der Waals surface area contributed by atoms with Crippen LogP contribution in [0.3, 0.4) is 0 Å². The molecule has 1 atom stereocenters. The van der Waals surface area contributed by atoms with E-state index in [0.29, 0.717) is 41.7 Å². The third kappa shape index (κ3) is 6.02. The number of rotatable bonds is 9. The fourth-order valence-electron chi connectivity index (χ4n) is 5.22. The number of aromatic carboxylic acids is 1. The Kier molecular flexibility index (Phi) is 7.55. The molecule has 2 aromatic carbocycles. The minimum atomic E-state index is -1.01. The second kappa shape index (κ2) is 11.2. The summed E-state index contributed by atoms with van der Waals surface area (Å²) < 4.78 is 2.05. The number of nitrogens with zero attached hydrogens (tertiary/aromatic N) is 3. The van der Waals surface area contributed by atoms with Crippen LogP contribution in [0.25, 0.3) is 11.0 Å². The molecule has 0 bridgehead atoms. The number of hydrogen-bond acceptors (Lipinski definition) is 4. The lowest BCUT2D eigenvalue weighted by Crippen LogP contribution is -2.33. The number of aromatic nitrogens is 4. The number of fused-ring (bicyclic) bond motifs is 1. The van der Waals surface area contributed by atoms with Gasteiger partial charge < -0.3 is 20.0 Å². The molecule has 2 heterocycles. The lowest BCUT2D eigenvalue weighted by Gasteiger charge is -2.24. The predicted molar refractivity (Wildman–Crippen MR) is 142 cm³/mol. The number of hydrogen-bond donors (Lipinski definition) is 3. The molecule has 0 saturated heterocycles. The number of halogens is 1. The first-order valence-corrected chi connectivity index (χ1v) is 13.1. The van der Waals surface area contributed by atoms with E-state index in [1.54, 1.807) is 30.7 Å². The number of nitrogens with one attached hydrogen (secondary N) is 2. The fraction of sp³-hybridized carbons (Fsp3) is 0.357. The minimum Gasteiger partial charge on any atom is -0.478 e. The van der Waals surface area contributed by atoms with Crippen molar-refractivity contribution in [3.05, 3.63) is 82.7 Å². The Morgan fingerprint density at radius 1 is 1.14 bits per heavy atom. The number of H-pyrrole nitrogens is 1. The first-order chi connectivity index (χ1) is 18.0. The van der Waals surface area contributed by atoms with Gasteiger partial charge in [0.2, 0.25) is 5.91 Å². The lowest BCUT2D eigenvalue weighted by molar-refractivity contribution is -0.123. The zero-order chi connectivity index (χ0) is 25.8. The van der Waals surface area contributed by atoms with Crippen LogP contribution in [0.5, 0.6) is 0 Å². The molecule has 0 spiro atoms. The van der Waals surface area contributed by atoms with Crippen molar-refractivity contribution in [2.45, 2.75) is 57.5 Å². The summed E-state index contributed by atoms with van der Waals surface area (Å²) in [5, 5.41) is 13.4. The van der Waals surface area contributed by atoms with Gasteiger partial charge in [0.05, 0.1) is 29.0 Å². The van der Waals surface area contributed by atoms with Gasteiger partial charge in [-0.3, -0.25) is 4.79 Å². The molecule has 1 saturated carbocycles. The molecule has 0 radical (unpaired) electrons. The van der Waals surface area contributed by atoms with Crippen LogP contribution in [0.2, 0.25) is 5.02 Å². The highest BCUT2D eigenvalue weighted by molar-refractivity contribution is 6.30. The van der Waals surface area contributed by atoms with Crippen LogP contribution in [-0.2, 0) is 17.8 Å². The van der Waals surface area contributed by atoms with Crippen LogP contribution >= 0.6 is 11.6 Å². The summed E-state index contributed by atoms with van der Waals surface area (Å²) in [5.74, 6) is 0.0740. The van der Waals surface area contributed by atoms with E-state index in [2.05, 4.69) is 15.3 Å². The SMILES string of the molecule is O=C(CC1CCCCC1)NC(Cc1cnc[nH]1)c1nc2cc(C(=O)O)ccc2n1Cc1ccc(Cl)cc1. The molecule has 1 aliphatic rings. The maximum atomic E-state index is 13.2. The van der Waals surface area contributed by atoms with Gasteiger partial charge in [-0.05, 0) is 54.7 Å². The lowest BCUT2D eigenvalue weighted by atomic mass is 9.87. The minimum absolute atomic E-state index is 0.00717. The van der Waals surface area contributed by atoms with Gasteiger partial charge in [0.1, 0.15) is 5.82 Å². The molecule has 1 amide bonds. The Labute approximate surface area is 220 Å². The molecule has 1 aliphatic carbocycles. The standard InChI is InChI=1S/C28H30ClN5O3/c29-21-9-6-19(7-10-21)16-34-25-11-8-20(28(36)37)13-23(25)33-27(34)24(14-22-15-30-17-31-22)32-26(35)12-18-4-2-1-3-5-18/h6-11,13,15,17-18,24H,1-5,12,14,16H2,(H,30,31)(H,32,35)(H,36,37). The third-order valence-corrected chi connectivity index (χ3v) is 7.36.